The van der Waals surface area contributed by atoms with Crippen LogP contribution < -0.4 is 10.6 Å². The van der Waals surface area contributed by atoms with Crippen molar-refractivity contribution in [3.8, 4) is 17.0 Å². The standard InChI is InChI=1S/C28H29N5O3/c1-32-16-6-11-24(32)27(35)30-21-12-13-26(34)22(17-21)23-18-25(20-9-5-10-20)33(31-23)28(36)29-15-14-19-7-3-2-4-8-19/h2-4,6-8,11-13,16-18,20,34H,5,9-10,14-15H2,1H3,(H,29,36)(H,30,35). The zero-order valence-corrected chi connectivity index (χ0v) is 20.1. The Hall–Kier alpha value is -4.33. The van der Waals surface area contributed by atoms with Gasteiger partial charge in [0.2, 0.25) is 0 Å². The van der Waals surface area contributed by atoms with Crippen LogP contribution in [0.1, 0.15) is 46.9 Å². The fourth-order valence-electron chi connectivity index (χ4n) is 4.43. The number of rotatable bonds is 7. The molecule has 0 atom stereocenters. The summed E-state index contributed by atoms with van der Waals surface area (Å²) in [5, 5.41) is 21.0. The topological polar surface area (TPSA) is 101 Å². The van der Waals surface area contributed by atoms with Crippen molar-refractivity contribution in [3.05, 3.63) is 89.9 Å². The average molecular weight is 484 g/mol. The van der Waals surface area contributed by atoms with Crippen molar-refractivity contribution in [3.63, 3.8) is 0 Å². The van der Waals surface area contributed by atoms with Gasteiger partial charge in [0.05, 0.1) is 11.4 Å². The van der Waals surface area contributed by atoms with Crippen LogP contribution in [0.25, 0.3) is 11.3 Å². The number of aryl methyl sites for hydroxylation is 1. The van der Waals surface area contributed by atoms with Gasteiger partial charge >= 0.3 is 6.03 Å². The van der Waals surface area contributed by atoms with Crippen LogP contribution in [0.3, 0.4) is 0 Å². The molecule has 2 aromatic carbocycles. The number of aromatic hydroxyl groups is 1. The first kappa shape index (κ1) is 23.4. The molecule has 2 amide bonds. The number of hydrogen-bond donors (Lipinski definition) is 3. The van der Waals surface area contributed by atoms with Gasteiger partial charge < -0.3 is 20.3 Å². The molecule has 8 heteroatoms. The Kier molecular flexibility index (Phi) is 6.58. The van der Waals surface area contributed by atoms with E-state index < -0.39 is 0 Å². The van der Waals surface area contributed by atoms with E-state index in [0.29, 0.717) is 29.2 Å². The van der Waals surface area contributed by atoms with Gasteiger partial charge in [0, 0.05) is 37.0 Å². The van der Waals surface area contributed by atoms with Crippen LogP contribution in [0.15, 0.2) is 72.9 Å². The van der Waals surface area contributed by atoms with Crippen molar-refractivity contribution in [2.24, 2.45) is 7.05 Å². The minimum Gasteiger partial charge on any atom is -0.507 e. The number of nitrogens with one attached hydrogen (secondary N) is 2. The zero-order chi connectivity index (χ0) is 25.1. The van der Waals surface area contributed by atoms with Gasteiger partial charge in [0.1, 0.15) is 11.4 Å². The minimum atomic E-state index is -0.285. The van der Waals surface area contributed by atoms with Gasteiger partial charge in [-0.05, 0) is 61.2 Å². The van der Waals surface area contributed by atoms with Crippen LogP contribution >= 0.6 is 0 Å². The number of hydrogen-bond acceptors (Lipinski definition) is 4. The second-order valence-electron chi connectivity index (χ2n) is 9.15. The summed E-state index contributed by atoms with van der Waals surface area (Å²) in [7, 11) is 1.80. The third-order valence-corrected chi connectivity index (χ3v) is 6.69. The summed E-state index contributed by atoms with van der Waals surface area (Å²) in [6.07, 6.45) is 5.65. The maximum absolute atomic E-state index is 13.1. The lowest BCUT2D eigenvalue weighted by Gasteiger charge is -2.25. The molecule has 0 aliphatic heterocycles. The van der Waals surface area contributed by atoms with Crippen molar-refractivity contribution >= 4 is 17.6 Å². The predicted molar refractivity (Wildman–Crippen MR) is 138 cm³/mol. The summed E-state index contributed by atoms with van der Waals surface area (Å²) < 4.78 is 3.17. The van der Waals surface area contributed by atoms with E-state index in [1.165, 1.54) is 10.7 Å². The molecule has 36 heavy (non-hydrogen) atoms. The molecule has 3 N–H and O–H groups in total. The van der Waals surface area contributed by atoms with E-state index in [-0.39, 0.29) is 23.6 Å². The SMILES string of the molecule is Cn1cccc1C(=O)Nc1ccc(O)c(-c2cc(C3CCC3)n(C(=O)NCCc3ccccc3)n2)c1. The molecule has 1 aliphatic rings. The Morgan fingerprint density at radius 1 is 1.06 bits per heavy atom. The van der Waals surface area contributed by atoms with Gasteiger partial charge in [-0.15, -0.1) is 0 Å². The zero-order valence-electron chi connectivity index (χ0n) is 20.1. The number of phenolic OH excluding ortho intramolecular Hbond substituents is 1. The van der Waals surface area contributed by atoms with Gasteiger partial charge in [-0.3, -0.25) is 4.79 Å². The predicted octanol–water partition coefficient (Wildman–Crippen LogP) is 4.91. The Morgan fingerprint density at radius 3 is 2.56 bits per heavy atom. The van der Waals surface area contributed by atoms with Crippen LogP contribution in [0.2, 0.25) is 0 Å². The van der Waals surface area contributed by atoms with Crippen molar-refractivity contribution in [2.45, 2.75) is 31.6 Å². The summed E-state index contributed by atoms with van der Waals surface area (Å²) in [6, 6.07) is 20.0. The number of amides is 2. The number of aromatic nitrogens is 3. The monoisotopic (exact) mass is 483 g/mol. The van der Waals surface area contributed by atoms with Crippen molar-refractivity contribution in [1.29, 1.82) is 0 Å². The van der Waals surface area contributed by atoms with Gasteiger partial charge in [-0.2, -0.15) is 9.78 Å². The summed E-state index contributed by atoms with van der Waals surface area (Å²) in [5.74, 6) is 0.0345. The molecule has 184 valence electrons. The normalized spacial score (nSPS) is 13.2. The molecule has 0 radical (unpaired) electrons. The molecule has 1 saturated carbocycles. The molecule has 0 spiro atoms. The number of nitrogens with zero attached hydrogens (tertiary/aromatic N) is 3. The second kappa shape index (κ2) is 10.1. The number of carbonyl (C=O) groups is 2. The summed E-state index contributed by atoms with van der Waals surface area (Å²) in [6.45, 7) is 0.494. The highest BCUT2D eigenvalue weighted by Gasteiger charge is 2.27. The van der Waals surface area contributed by atoms with Crippen LogP contribution in [0.5, 0.6) is 5.75 Å². The highest BCUT2D eigenvalue weighted by Crippen LogP contribution is 2.39. The number of anilines is 1. The van der Waals surface area contributed by atoms with Crippen LogP contribution in [-0.2, 0) is 13.5 Å². The molecule has 1 aliphatic carbocycles. The molecule has 4 aromatic rings. The highest BCUT2D eigenvalue weighted by atomic mass is 16.3. The molecule has 0 bridgehead atoms. The van der Waals surface area contributed by atoms with Gasteiger partial charge in [0.15, 0.2) is 0 Å². The molecular formula is C28H29N5O3. The number of phenols is 1. The third kappa shape index (κ3) is 4.88. The first-order valence-electron chi connectivity index (χ1n) is 12.2. The van der Waals surface area contributed by atoms with E-state index in [1.54, 1.807) is 42.1 Å². The highest BCUT2D eigenvalue weighted by molar-refractivity contribution is 6.03. The Balaban J connectivity index is 1.37. The molecule has 1 fully saturated rings. The lowest BCUT2D eigenvalue weighted by molar-refractivity contribution is 0.101. The Labute approximate surface area is 209 Å². The minimum absolute atomic E-state index is 0.0289. The Bertz CT molecular complexity index is 1390. The third-order valence-electron chi connectivity index (χ3n) is 6.69. The van der Waals surface area contributed by atoms with Gasteiger partial charge in [-0.1, -0.05) is 36.8 Å². The van der Waals surface area contributed by atoms with Crippen molar-refractivity contribution < 1.29 is 14.7 Å². The molecule has 0 unspecified atom stereocenters. The summed E-state index contributed by atoms with van der Waals surface area (Å²) in [4.78, 5) is 25.7. The van der Waals surface area contributed by atoms with Gasteiger partial charge in [-0.25, -0.2) is 4.79 Å². The van der Waals surface area contributed by atoms with Crippen molar-refractivity contribution in [1.82, 2.24) is 19.7 Å². The lowest BCUT2D eigenvalue weighted by Crippen LogP contribution is -2.33. The van der Waals surface area contributed by atoms with Crippen LogP contribution in [-0.4, -0.2) is 37.9 Å². The van der Waals surface area contributed by atoms with E-state index in [1.807, 2.05) is 36.4 Å². The quantitative estimate of drug-likeness (QED) is 0.325. The fourth-order valence-corrected chi connectivity index (χ4v) is 4.43. The lowest BCUT2D eigenvalue weighted by atomic mass is 9.82. The van der Waals surface area contributed by atoms with Gasteiger partial charge in [0.25, 0.3) is 5.91 Å². The largest absolute Gasteiger partial charge is 0.507 e. The van der Waals surface area contributed by atoms with E-state index in [2.05, 4.69) is 15.7 Å². The molecule has 8 nitrogen and oxygen atoms in total. The first-order valence-corrected chi connectivity index (χ1v) is 12.2. The Morgan fingerprint density at radius 2 is 1.86 bits per heavy atom. The smallest absolute Gasteiger partial charge is 0.342 e. The average Bonchev–Trinajstić information content (AvgIpc) is 3.46. The maximum atomic E-state index is 13.1. The first-order chi connectivity index (χ1) is 17.5. The van der Waals surface area contributed by atoms with E-state index >= 15 is 0 Å². The maximum Gasteiger partial charge on any atom is 0.342 e. The van der Waals surface area contributed by atoms with Crippen LogP contribution in [0, 0.1) is 0 Å². The van der Waals surface area contributed by atoms with Crippen molar-refractivity contribution in [2.75, 3.05) is 11.9 Å². The molecule has 5 rings (SSSR count). The molecule has 2 aromatic heterocycles. The second-order valence-corrected chi connectivity index (χ2v) is 9.15. The number of carbonyl (C=O) groups excluding carboxylic acids is 2. The molecular weight excluding hydrogens is 454 g/mol. The van der Waals surface area contributed by atoms with E-state index in [9.17, 15) is 14.7 Å². The van der Waals surface area contributed by atoms with E-state index in [4.69, 9.17) is 0 Å². The van der Waals surface area contributed by atoms with Crippen LogP contribution in [0.4, 0.5) is 10.5 Å². The fraction of sp³-hybridized carbons (Fsp3) is 0.250. The van der Waals surface area contributed by atoms with E-state index in [0.717, 1.165) is 36.9 Å². The molecule has 2 heterocycles. The number of benzene rings is 2. The molecule has 0 saturated heterocycles. The summed E-state index contributed by atoms with van der Waals surface area (Å²) >= 11 is 0. The summed E-state index contributed by atoms with van der Waals surface area (Å²) in [5.41, 5.74) is 3.98.